The first-order chi connectivity index (χ1) is 9.67. The van der Waals surface area contributed by atoms with Crippen LogP contribution in [-0.2, 0) is 11.3 Å². The summed E-state index contributed by atoms with van der Waals surface area (Å²) in [5, 5.41) is 2.93. The standard InChI is InChI=1S/C14H22ClN3OS/c1-2-5-16-14(19)11-18-8-6-17(7-9-18)10-12-3-4-13(15)20-12/h3-4H,2,5-11H2,1H3,(H,16,19). The molecule has 0 aliphatic carbocycles. The molecule has 112 valence electrons. The highest BCUT2D eigenvalue weighted by molar-refractivity contribution is 7.16. The Balaban J connectivity index is 1.68. The van der Waals surface area contributed by atoms with E-state index in [4.69, 9.17) is 11.6 Å². The van der Waals surface area contributed by atoms with E-state index in [-0.39, 0.29) is 5.91 Å². The Kier molecular flexibility index (Phi) is 6.29. The summed E-state index contributed by atoms with van der Waals surface area (Å²) < 4.78 is 0.853. The molecule has 0 spiro atoms. The van der Waals surface area contributed by atoms with Crippen LogP contribution in [0.5, 0.6) is 0 Å². The van der Waals surface area contributed by atoms with Gasteiger partial charge in [-0.05, 0) is 18.6 Å². The number of carbonyl (C=O) groups excluding carboxylic acids is 1. The van der Waals surface area contributed by atoms with E-state index in [1.54, 1.807) is 11.3 Å². The maximum atomic E-state index is 11.7. The monoisotopic (exact) mass is 315 g/mol. The maximum Gasteiger partial charge on any atom is 0.234 e. The highest BCUT2D eigenvalue weighted by Crippen LogP contribution is 2.23. The first kappa shape index (κ1) is 15.8. The Hall–Kier alpha value is -0.620. The average molecular weight is 316 g/mol. The van der Waals surface area contributed by atoms with E-state index in [0.717, 1.165) is 50.0 Å². The van der Waals surface area contributed by atoms with Gasteiger partial charge in [0.1, 0.15) is 0 Å². The molecule has 1 amide bonds. The number of thiophene rings is 1. The quantitative estimate of drug-likeness (QED) is 0.872. The summed E-state index contributed by atoms with van der Waals surface area (Å²) in [6, 6.07) is 4.05. The summed E-state index contributed by atoms with van der Waals surface area (Å²) in [7, 11) is 0. The number of nitrogens with zero attached hydrogens (tertiary/aromatic N) is 2. The van der Waals surface area contributed by atoms with Crippen LogP contribution in [0, 0.1) is 0 Å². The lowest BCUT2D eigenvalue weighted by atomic mass is 10.3. The molecule has 20 heavy (non-hydrogen) atoms. The molecule has 2 rings (SSSR count). The van der Waals surface area contributed by atoms with Crippen LogP contribution < -0.4 is 5.32 Å². The Morgan fingerprint density at radius 3 is 2.60 bits per heavy atom. The maximum absolute atomic E-state index is 11.7. The van der Waals surface area contributed by atoms with E-state index in [2.05, 4.69) is 28.1 Å². The van der Waals surface area contributed by atoms with Crippen LogP contribution in [0.2, 0.25) is 4.34 Å². The molecule has 1 saturated heterocycles. The molecule has 1 aromatic heterocycles. The highest BCUT2D eigenvalue weighted by Gasteiger charge is 2.19. The lowest BCUT2D eigenvalue weighted by Crippen LogP contribution is -2.49. The van der Waals surface area contributed by atoms with Gasteiger partial charge in [0.05, 0.1) is 10.9 Å². The molecule has 0 aromatic carbocycles. The number of carbonyl (C=O) groups is 1. The minimum atomic E-state index is 0.144. The van der Waals surface area contributed by atoms with Gasteiger partial charge in [0.25, 0.3) is 0 Å². The molecule has 0 unspecified atom stereocenters. The molecule has 6 heteroatoms. The summed E-state index contributed by atoms with van der Waals surface area (Å²) in [5.41, 5.74) is 0. The fourth-order valence-corrected chi connectivity index (χ4v) is 3.42. The van der Waals surface area contributed by atoms with Crippen LogP contribution >= 0.6 is 22.9 Å². The predicted molar refractivity (Wildman–Crippen MR) is 84.3 cm³/mol. The van der Waals surface area contributed by atoms with E-state index in [1.807, 2.05) is 6.07 Å². The van der Waals surface area contributed by atoms with Crippen LogP contribution in [0.4, 0.5) is 0 Å². The van der Waals surface area contributed by atoms with Crippen molar-refractivity contribution in [3.63, 3.8) is 0 Å². The number of halogens is 1. The number of amides is 1. The van der Waals surface area contributed by atoms with Crippen LogP contribution in [0.15, 0.2) is 12.1 Å². The molecule has 1 aliphatic heterocycles. The molecule has 2 heterocycles. The van der Waals surface area contributed by atoms with Gasteiger partial charge in [0, 0.05) is 44.1 Å². The van der Waals surface area contributed by atoms with Crippen LogP contribution in [0.3, 0.4) is 0 Å². The normalized spacial score (nSPS) is 17.3. The largest absolute Gasteiger partial charge is 0.355 e. The van der Waals surface area contributed by atoms with Crippen molar-refractivity contribution >= 4 is 28.8 Å². The Morgan fingerprint density at radius 2 is 2.00 bits per heavy atom. The number of rotatable bonds is 6. The highest BCUT2D eigenvalue weighted by atomic mass is 35.5. The van der Waals surface area contributed by atoms with Crippen molar-refractivity contribution in [3.8, 4) is 0 Å². The van der Waals surface area contributed by atoms with E-state index < -0.39 is 0 Å². The van der Waals surface area contributed by atoms with Crippen LogP contribution in [0.1, 0.15) is 18.2 Å². The van der Waals surface area contributed by atoms with Crippen LogP contribution in [-0.4, -0.2) is 55.0 Å². The first-order valence-corrected chi connectivity index (χ1v) is 8.32. The Bertz CT molecular complexity index is 430. The Labute approximate surface area is 129 Å². The third-order valence-corrected chi connectivity index (χ3v) is 4.63. The lowest BCUT2D eigenvalue weighted by Gasteiger charge is -2.34. The predicted octanol–water partition coefficient (Wildman–Crippen LogP) is 2.05. The molecular weight excluding hydrogens is 294 g/mol. The smallest absolute Gasteiger partial charge is 0.234 e. The lowest BCUT2D eigenvalue weighted by molar-refractivity contribution is -0.122. The summed E-state index contributed by atoms with van der Waals surface area (Å²) in [4.78, 5) is 17.6. The molecule has 0 bridgehead atoms. The number of piperazine rings is 1. The molecule has 1 N–H and O–H groups in total. The summed E-state index contributed by atoms with van der Waals surface area (Å²) in [5.74, 6) is 0.144. The zero-order valence-electron chi connectivity index (χ0n) is 11.9. The second-order valence-electron chi connectivity index (χ2n) is 5.11. The SMILES string of the molecule is CCCNC(=O)CN1CCN(Cc2ccc(Cl)s2)CC1. The minimum Gasteiger partial charge on any atom is -0.355 e. The van der Waals surface area contributed by atoms with Crippen molar-refractivity contribution in [2.75, 3.05) is 39.3 Å². The minimum absolute atomic E-state index is 0.144. The van der Waals surface area contributed by atoms with Crippen molar-refractivity contribution in [2.45, 2.75) is 19.9 Å². The van der Waals surface area contributed by atoms with Crippen molar-refractivity contribution < 1.29 is 4.79 Å². The zero-order chi connectivity index (χ0) is 14.4. The van der Waals surface area contributed by atoms with Gasteiger partial charge >= 0.3 is 0 Å². The number of hydrogen-bond acceptors (Lipinski definition) is 4. The Morgan fingerprint density at radius 1 is 1.30 bits per heavy atom. The molecular formula is C14H22ClN3OS. The first-order valence-electron chi connectivity index (χ1n) is 7.13. The fourth-order valence-electron chi connectivity index (χ4n) is 2.29. The average Bonchev–Trinajstić information content (AvgIpc) is 2.84. The number of nitrogens with one attached hydrogen (secondary N) is 1. The van der Waals surface area contributed by atoms with Gasteiger partial charge in [-0.3, -0.25) is 14.6 Å². The van der Waals surface area contributed by atoms with Gasteiger partial charge in [-0.1, -0.05) is 18.5 Å². The molecule has 0 atom stereocenters. The van der Waals surface area contributed by atoms with E-state index >= 15 is 0 Å². The van der Waals surface area contributed by atoms with Crippen molar-refractivity contribution in [2.24, 2.45) is 0 Å². The summed E-state index contributed by atoms with van der Waals surface area (Å²) in [6.45, 7) is 8.27. The molecule has 0 radical (unpaired) electrons. The van der Waals surface area contributed by atoms with Crippen molar-refractivity contribution in [1.29, 1.82) is 0 Å². The summed E-state index contributed by atoms with van der Waals surface area (Å²) in [6.07, 6.45) is 0.989. The van der Waals surface area contributed by atoms with E-state index in [0.29, 0.717) is 6.54 Å². The third kappa shape index (κ3) is 5.05. The van der Waals surface area contributed by atoms with Gasteiger partial charge in [0.15, 0.2) is 0 Å². The van der Waals surface area contributed by atoms with Gasteiger partial charge in [0.2, 0.25) is 5.91 Å². The van der Waals surface area contributed by atoms with Gasteiger partial charge in [-0.2, -0.15) is 0 Å². The van der Waals surface area contributed by atoms with Crippen molar-refractivity contribution in [1.82, 2.24) is 15.1 Å². The van der Waals surface area contributed by atoms with Crippen LogP contribution in [0.25, 0.3) is 0 Å². The molecule has 1 fully saturated rings. The molecule has 1 aromatic rings. The third-order valence-electron chi connectivity index (χ3n) is 3.41. The second-order valence-corrected chi connectivity index (χ2v) is 6.91. The van der Waals surface area contributed by atoms with E-state index in [1.165, 1.54) is 4.88 Å². The second kappa shape index (κ2) is 7.98. The van der Waals surface area contributed by atoms with Gasteiger partial charge in [-0.25, -0.2) is 0 Å². The summed E-state index contributed by atoms with van der Waals surface area (Å²) >= 11 is 7.60. The molecule has 0 saturated carbocycles. The van der Waals surface area contributed by atoms with E-state index in [9.17, 15) is 4.79 Å². The zero-order valence-corrected chi connectivity index (χ0v) is 13.5. The van der Waals surface area contributed by atoms with Gasteiger partial charge < -0.3 is 5.32 Å². The number of hydrogen-bond donors (Lipinski definition) is 1. The topological polar surface area (TPSA) is 35.6 Å². The molecule has 4 nitrogen and oxygen atoms in total. The molecule has 1 aliphatic rings. The van der Waals surface area contributed by atoms with Crippen molar-refractivity contribution in [3.05, 3.63) is 21.3 Å². The fraction of sp³-hybridized carbons (Fsp3) is 0.643. The van der Waals surface area contributed by atoms with Gasteiger partial charge in [-0.15, -0.1) is 11.3 Å².